The smallest absolute Gasteiger partial charge is 0.419 e. The molecular formula is C20H23N3O4. The van der Waals surface area contributed by atoms with Crippen molar-refractivity contribution in [1.29, 1.82) is 0 Å². The van der Waals surface area contributed by atoms with Gasteiger partial charge in [-0.3, -0.25) is 9.55 Å². The molecule has 142 valence electrons. The summed E-state index contributed by atoms with van der Waals surface area (Å²) in [5.74, 6) is -0.393. The van der Waals surface area contributed by atoms with Crippen molar-refractivity contribution >= 4 is 17.2 Å². The van der Waals surface area contributed by atoms with E-state index in [4.69, 9.17) is 9.15 Å². The average Bonchev–Trinajstić information content (AvgIpc) is 2.88. The van der Waals surface area contributed by atoms with Gasteiger partial charge in [-0.2, -0.15) is 0 Å². The molecule has 2 aromatic heterocycles. The maximum atomic E-state index is 12.1. The second-order valence-corrected chi connectivity index (χ2v) is 7.50. The van der Waals surface area contributed by atoms with E-state index in [2.05, 4.69) is 4.98 Å². The number of fused-ring (bicyclic) bond motifs is 1. The molecule has 27 heavy (non-hydrogen) atoms. The normalized spacial score (nSPS) is 11.6. The molecule has 2 heterocycles. The summed E-state index contributed by atoms with van der Waals surface area (Å²) < 4.78 is 12.0. The standard InChI is InChI=1S/C20H23N3O4/c1-20(2,3)27-18(24)22(4)12-13-6-8-15(21-11-13)14-7-9-17-16(10-14)23(5)19(25)26-17/h6-11H,12H2,1-5H3. The van der Waals surface area contributed by atoms with Gasteiger partial charge in [-0.25, -0.2) is 9.59 Å². The van der Waals surface area contributed by atoms with E-state index in [0.717, 1.165) is 16.8 Å². The van der Waals surface area contributed by atoms with E-state index in [0.29, 0.717) is 17.6 Å². The molecule has 0 aliphatic heterocycles. The van der Waals surface area contributed by atoms with Crippen LogP contribution in [0.5, 0.6) is 0 Å². The van der Waals surface area contributed by atoms with E-state index in [1.54, 1.807) is 26.4 Å². The topological polar surface area (TPSA) is 77.6 Å². The molecule has 0 aliphatic rings. The first-order valence-electron chi connectivity index (χ1n) is 8.63. The third kappa shape index (κ3) is 4.19. The Morgan fingerprint density at radius 3 is 2.63 bits per heavy atom. The first kappa shape index (κ1) is 18.7. The first-order valence-corrected chi connectivity index (χ1v) is 8.63. The van der Waals surface area contributed by atoms with Crippen LogP contribution in [0.3, 0.4) is 0 Å². The van der Waals surface area contributed by atoms with Crippen molar-refractivity contribution in [3.8, 4) is 11.3 Å². The summed E-state index contributed by atoms with van der Waals surface area (Å²) in [6.45, 7) is 5.91. The Morgan fingerprint density at radius 2 is 2.00 bits per heavy atom. The molecule has 0 fully saturated rings. The predicted molar refractivity (Wildman–Crippen MR) is 102 cm³/mol. The van der Waals surface area contributed by atoms with E-state index in [9.17, 15) is 9.59 Å². The van der Waals surface area contributed by atoms with Crippen LogP contribution in [0, 0.1) is 0 Å². The summed E-state index contributed by atoms with van der Waals surface area (Å²) in [5.41, 5.74) is 3.28. The molecule has 0 saturated heterocycles. The van der Waals surface area contributed by atoms with Crippen LogP contribution in [0.1, 0.15) is 26.3 Å². The third-order valence-electron chi connectivity index (χ3n) is 4.04. The lowest BCUT2D eigenvalue weighted by Gasteiger charge is -2.24. The molecule has 0 spiro atoms. The molecule has 3 aromatic rings. The molecule has 0 saturated carbocycles. The minimum absolute atomic E-state index is 0.377. The Kier molecular flexibility index (Phi) is 4.78. The lowest BCUT2D eigenvalue weighted by Crippen LogP contribution is -2.33. The molecule has 0 aliphatic carbocycles. The Labute approximate surface area is 157 Å². The second kappa shape index (κ2) is 6.90. The van der Waals surface area contributed by atoms with Gasteiger partial charge in [0.15, 0.2) is 5.58 Å². The minimum atomic E-state index is -0.528. The van der Waals surface area contributed by atoms with Gasteiger partial charge in [0.2, 0.25) is 0 Å². The van der Waals surface area contributed by atoms with E-state index in [1.165, 1.54) is 9.47 Å². The van der Waals surface area contributed by atoms with E-state index < -0.39 is 11.4 Å². The van der Waals surface area contributed by atoms with Crippen molar-refractivity contribution in [3.05, 3.63) is 52.6 Å². The van der Waals surface area contributed by atoms with Crippen molar-refractivity contribution in [2.75, 3.05) is 7.05 Å². The maximum Gasteiger partial charge on any atom is 0.419 e. The number of hydrogen-bond donors (Lipinski definition) is 0. The molecule has 7 nitrogen and oxygen atoms in total. The van der Waals surface area contributed by atoms with Gasteiger partial charge < -0.3 is 14.1 Å². The van der Waals surface area contributed by atoms with Crippen LogP contribution in [-0.2, 0) is 18.3 Å². The van der Waals surface area contributed by atoms with Crippen LogP contribution in [0.15, 0.2) is 45.7 Å². The quantitative estimate of drug-likeness (QED) is 0.705. The number of carbonyl (C=O) groups excluding carboxylic acids is 1. The van der Waals surface area contributed by atoms with Crippen molar-refractivity contribution in [1.82, 2.24) is 14.5 Å². The van der Waals surface area contributed by atoms with Crippen LogP contribution < -0.4 is 5.76 Å². The summed E-state index contributed by atoms with van der Waals surface area (Å²) in [6, 6.07) is 9.30. The second-order valence-electron chi connectivity index (χ2n) is 7.50. The lowest BCUT2D eigenvalue weighted by atomic mass is 10.1. The van der Waals surface area contributed by atoms with Gasteiger partial charge in [0, 0.05) is 25.9 Å². The Hall–Kier alpha value is -3.09. The number of aromatic nitrogens is 2. The summed E-state index contributed by atoms with van der Waals surface area (Å²) in [7, 11) is 3.36. The summed E-state index contributed by atoms with van der Waals surface area (Å²) in [5, 5.41) is 0. The number of aryl methyl sites for hydroxylation is 1. The van der Waals surface area contributed by atoms with E-state index in [1.807, 2.05) is 45.0 Å². The number of carbonyl (C=O) groups is 1. The number of ether oxygens (including phenoxy) is 1. The molecule has 7 heteroatoms. The van der Waals surface area contributed by atoms with Crippen LogP contribution >= 0.6 is 0 Å². The SMILES string of the molecule is CN(Cc1ccc(-c2ccc3oc(=O)n(C)c3c2)nc1)C(=O)OC(C)(C)C. The maximum absolute atomic E-state index is 12.1. The summed E-state index contributed by atoms with van der Waals surface area (Å²) >= 11 is 0. The van der Waals surface area contributed by atoms with Gasteiger partial charge in [-0.1, -0.05) is 6.07 Å². The highest BCUT2D eigenvalue weighted by Gasteiger charge is 2.19. The van der Waals surface area contributed by atoms with Gasteiger partial charge in [0.25, 0.3) is 0 Å². The molecule has 1 amide bonds. The van der Waals surface area contributed by atoms with Crippen molar-refractivity contribution < 1.29 is 13.9 Å². The van der Waals surface area contributed by atoms with Crippen LogP contribution in [0.4, 0.5) is 4.79 Å². The Balaban J connectivity index is 1.76. The van der Waals surface area contributed by atoms with Gasteiger partial charge in [-0.15, -0.1) is 0 Å². The van der Waals surface area contributed by atoms with Crippen LogP contribution in [0.2, 0.25) is 0 Å². The number of oxazole rings is 1. The number of hydrogen-bond acceptors (Lipinski definition) is 5. The van der Waals surface area contributed by atoms with E-state index >= 15 is 0 Å². The highest BCUT2D eigenvalue weighted by molar-refractivity contribution is 5.79. The monoisotopic (exact) mass is 369 g/mol. The minimum Gasteiger partial charge on any atom is -0.444 e. The highest BCUT2D eigenvalue weighted by atomic mass is 16.6. The highest BCUT2D eigenvalue weighted by Crippen LogP contribution is 2.22. The molecule has 3 rings (SSSR count). The number of amides is 1. The fourth-order valence-corrected chi connectivity index (χ4v) is 2.65. The zero-order valence-electron chi connectivity index (χ0n) is 16.1. The van der Waals surface area contributed by atoms with Crippen LogP contribution in [-0.4, -0.2) is 33.2 Å². The predicted octanol–water partition coefficient (Wildman–Crippen LogP) is 3.56. The number of benzene rings is 1. The Morgan fingerprint density at radius 1 is 1.26 bits per heavy atom. The molecule has 0 atom stereocenters. The van der Waals surface area contributed by atoms with Crippen molar-refractivity contribution in [3.63, 3.8) is 0 Å². The third-order valence-corrected chi connectivity index (χ3v) is 4.04. The van der Waals surface area contributed by atoms with Gasteiger partial charge in [0.05, 0.1) is 17.8 Å². The zero-order chi connectivity index (χ0) is 19.8. The molecule has 0 N–H and O–H groups in total. The van der Waals surface area contributed by atoms with Gasteiger partial charge >= 0.3 is 11.8 Å². The molecule has 1 aromatic carbocycles. The van der Waals surface area contributed by atoms with Gasteiger partial charge in [-0.05, 0) is 50.6 Å². The molecule has 0 radical (unpaired) electrons. The number of nitrogens with zero attached hydrogens (tertiary/aromatic N) is 3. The fraction of sp³-hybridized carbons (Fsp3) is 0.350. The van der Waals surface area contributed by atoms with E-state index in [-0.39, 0.29) is 6.09 Å². The number of pyridine rings is 1. The van der Waals surface area contributed by atoms with Gasteiger partial charge in [0.1, 0.15) is 5.60 Å². The van der Waals surface area contributed by atoms with Crippen molar-refractivity contribution in [2.24, 2.45) is 7.05 Å². The summed E-state index contributed by atoms with van der Waals surface area (Å²) in [4.78, 5) is 29.7. The summed E-state index contributed by atoms with van der Waals surface area (Å²) in [6.07, 6.45) is 1.35. The number of rotatable bonds is 3. The largest absolute Gasteiger partial charge is 0.444 e. The first-order chi connectivity index (χ1) is 12.6. The fourth-order valence-electron chi connectivity index (χ4n) is 2.65. The zero-order valence-corrected chi connectivity index (χ0v) is 16.1. The van der Waals surface area contributed by atoms with Crippen molar-refractivity contribution in [2.45, 2.75) is 32.9 Å². The molecule has 0 unspecified atom stereocenters. The molecular weight excluding hydrogens is 346 g/mol. The Bertz CT molecular complexity index is 1030. The lowest BCUT2D eigenvalue weighted by molar-refractivity contribution is 0.0285. The molecule has 0 bridgehead atoms. The van der Waals surface area contributed by atoms with Crippen LogP contribution in [0.25, 0.3) is 22.4 Å². The average molecular weight is 369 g/mol.